The summed E-state index contributed by atoms with van der Waals surface area (Å²) in [5.41, 5.74) is -0.829. The van der Waals surface area contributed by atoms with Crippen LogP contribution < -0.4 is 0 Å². The average molecular weight is 398 g/mol. The fourth-order valence-electron chi connectivity index (χ4n) is 3.65. The molecule has 0 atom stereocenters. The second-order valence-corrected chi connectivity index (χ2v) is 9.79. The van der Waals surface area contributed by atoms with Crippen molar-refractivity contribution in [3.05, 3.63) is 34.6 Å². The van der Waals surface area contributed by atoms with E-state index in [1.54, 1.807) is 0 Å². The van der Waals surface area contributed by atoms with Gasteiger partial charge in [0.15, 0.2) is 23.3 Å². The second-order valence-electron chi connectivity index (χ2n) is 6.71. The Balaban J connectivity index is 2.24. The highest BCUT2D eigenvalue weighted by Crippen LogP contribution is 2.46. The predicted octanol–water partition coefficient (Wildman–Crippen LogP) is 5.07. The first kappa shape index (κ1) is 21.3. The molecule has 1 saturated carbocycles. The Morgan fingerprint density at radius 1 is 0.769 bits per heavy atom. The van der Waals surface area contributed by atoms with Crippen molar-refractivity contribution in [1.82, 2.24) is 0 Å². The van der Waals surface area contributed by atoms with Gasteiger partial charge in [0.2, 0.25) is 5.82 Å². The second kappa shape index (κ2) is 8.33. The van der Waals surface area contributed by atoms with Gasteiger partial charge in [0, 0.05) is 31.4 Å². The van der Waals surface area contributed by atoms with Gasteiger partial charge in [-0.05, 0) is 45.4 Å². The Morgan fingerprint density at radius 3 is 1.58 bits per heavy atom. The molecular formula is C17H23F5O3Si. The number of hydrogen-bond donors (Lipinski definition) is 0. The Hall–Kier alpha value is -1.03. The summed E-state index contributed by atoms with van der Waals surface area (Å²) in [5.74, 6) is -10.2. The van der Waals surface area contributed by atoms with E-state index in [0.717, 1.165) is 0 Å². The molecule has 1 aromatic carbocycles. The van der Waals surface area contributed by atoms with Gasteiger partial charge in [-0.2, -0.15) is 0 Å². The zero-order valence-electron chi connectivity index (χ0n) is 15.2. The summed E-state index contributed by atoms with van der Waals surface area (Å²) in [6.07, 6.45) is 1.28. The highest BCUT2D eigenvalue weighted by Gasteiger charge is 2.50. The topological polar surface area (TPSA) is 27.7 Å². The summed E-state index contributed by atoms with van der Waals surface area (Å²) in [6.45, 7) is 3.69. The molecule has 0 aliphatic heterocycles. The summed E-state index contributed by atoms with van der Waals surface area (Å²) in [4.78, 5) is 0. The third-order valence-electron chi connectivity index (χ3n) is 4.85. The van der Waals surface area contributed by atoms with E-state index in [2.05, 4.69) is 0 Å². The first-order valence-electron chi connectivity index (χ1n) is 8.47. The van der Waals surface area contributed by atoms with Crippen molar-refractivity contribution in [1.29, 1.82) is 0 Å². The number of benzene rings is 1. The van der Waals surface area contributed by atoms with Crippen molar-refractivity contribution >= 4 is 8.80 Å². The van der Waals surface area contributed by atoms with Crippen LogP contribution >= 0.6 is 0 Å². The first-order valence-corrected chi connectivity index (χ1v) is 10.3. The molecule has 9 heteroatoms. The van der Waals surface area contributed by atoms with Crippen molar-refractivity contribution in [2.24, 2.45) is 0 Å². The molecule has 0 aromatic heterocycles. The van der Waals surface area contributed by atoms with E-state index in [4.69, 9.17) is 13.3 Å². The molecule has 1 aliphatic rings. The van der Waals surface area contributed by atoms with Gasteiger partial charge >= 0.3 is 8.80 Å². The molecule has 0 unspecified atom stereocenters. The standard InChI is InChI=1S/C17H23F5O3Si/c1-9(2)25-26(23-3,24-4)11-7-5-10(6-8-11)12-13(18)15(20)17(22)16(21)14(12)19/h9-11H,5-8H2,1-4H3. The fourth-order valence-corrected chi connectivity index (χ4v) is 6.57. The van der Waals surface area contributed by atoms with Crippen LogP contribution in [0.5, 0.6) is 0 Å². The number of halogens is 5. The van der Waals surface area contributed by atoms with E-state index in [0.29, 0.717) is 12.8 Å². The van der Waals surface area contributed by atoms with E-state index in [1.807, 2.05) is 13.8 Å². The van der Waals surface area contributed by atoms with Crippen molar-refractivity contribution in [2.75, 3.05) is 14.2 Å². The molecule has 0 saturated heterocycles. The molecule has 0 bridgehead atoms. The lowest BCUT2D eigenvalue weighted by atomic mass is 9.83. The molecule has 0 N–H and O–H groups in total. The summed E-state index contributed by atoms with van der Waals surface area (Å²) < 4.78 is 85.2. The Bertz CT molecular complexity index is 615. The molecular weight excluding hydrogens is 375 g/mol. The van der Waals surface area contributed by atoms with Crippen LogP contribution in [0, 0.1) is 29.1 Å². The molecule has 148 valence electrons. The summed E-state index contributed by atoms with van der Waals surface area (Å²) >= 11 is 0. The molecule has 0 heterocycles. The minimum absolute atomic E-state index is 0.0996. The third kappa shape index (κ3) is 3.81. The van der Waals surface area contributed by atoms with Crippen molar-refractivity contribution in [2.45, 2.75) is 57.1 Å². The van der Waals surface area contributed by atoms with E-state index in [9.17, 15) is 22.0 Å². The van der Waals surface area contributed by atoms with E-state index >= 15 is 0 Å². The highest BCUT2D eigenvalue weighted by atomic mass is 28.4. The zero-order chi connectivity index (χ0) is 19.6. The van der Waals surface area contributed by atoms with E-state index < -0.39 is 49.4 Å². The van der Waals surface area contributed by atoms with Gasteiger partial charge in [-0.25, -0.2) is 22.0 Å². The van der Waals surface area contributed by atoms with Gasteiger partial charge in [0.25, 0.3) is 0 Å². The normalized spacial score (nSPS) is 21.5. The highest BCUT2D eigenvalue weighted by molar-refractivity contribution is 6.62. The van der Waals surface area contributed by atoms with Gasteiger partial charge in [0.05, 0.1) is 0 Å². The van der Waals surface area contributed by atoms with Gasteiger partial charge in [-0.15, -0.1) is 0 Å². The minimum atomic E-state index is -2.99. The van der Waals surface area contributed by atoms with Crippen LogP contribution in [0.15, 0.2) is 0 Å². The molecule has 1 fully saturated rings. The van der Waals surface area contributed by atoms with Gasteiger partial charge in [-0.3, -0.25) is 0 Å². The molecule has 26 heavy (non-hydrogen) atoms. The van der Waals surface area contributed by atoms with Crippen LogP contribution in [-0.2, 0) is 13.3 Å². The van der Waals surface area contributed by atoms with Gasteiger partial charge in [0.1, 0.15) is 0 Å². The van der Waals surface area contributed by atoms with Crippen LogP contribution in [0.2, 0.25) is 5.54 Å². The van der Waals surface area contributed by atoms with Gasteiger partial charge in [-0.1, -0.05) is 0 Å². The lowest BCUT2D eigenvalue weighted by molar-refractivity contribution is 0.0546. The maximum absolute atomic E-state index is 14.0. The predicted molar refractivity (Wildman–Crippen MR) is 87.2 cm³/mol. The van der Waals surface area contributed by atoms with Crippen molar-refractivity contribution < 1.29 is 35.2 Å². The number of rotatable bonds is 6. The Kier molecular flexibility index (Phi) is 6.81. The minimum Gasteiger partial charge on any atom is -0.377 e. The Morgan fingerprint density at radius 2 is 1.19 bits per heavy atom. The first-order chi connectivity index (χ1) is 12.2. The largest absolute Gasteiger partial charge is 0.503 e. The molecule has 1 aliphatic carbocycles. The molecule has 0 amide bonds. The maximum Gasteiger partial charge on any atom is 0.503 e. The molecule has 0 radical (unpaired) electrons. The van der Waals surface area contributed by atoms with E-state index in [1.165, 1.54) is 14.2 Å². The monoisotopic (exact) mass is 398 g/mol. The smallest absolute Gasteiger partial charge is 0.377 e. The van der Waals surface area contributed by atoms with Crippen molar-refractivity contribution in [3.63, 3.8) is 0 Å². The van der Waals surface area contributed by atoms with Crippen LogP contribution in [0.1, 0.15) is 51.0 Å². The maximum atomic E-state index is 14.0. The summed E-state index contributed by atoms with van der Waals surface area (Å²) in [7, 11) is -0.00123. The third-order valence-corrected chi connectivity index (χ3v) is 8.36. The Labute approximate surface area is 150 Å². The molecule has 0 spiro atoms. The average Bonchev–Trinajstić information content (AvgIpc) is 2.63. The molecule has 2 rings (SSSR count). The van der Waals surface area contributed by atoms with Gasteiger partial charge < -0.3 is 13.3 Å². The number of hydrogen-bond acceptors (Lipinski definition) is 3. The van der Waals surface area contributed by atoms with Crippen LogP contribution in [0.3, 0.4) is 0 Å². The SMILES string of the molecule is CO[Si](OC)(OC(C)C)C1CCC(c2c(F)c(F)c(F)c(F)c2F)CC1. The molecule has 1 aromatic rings. The van der Waals surface area contributed by atoms with Crippen LogP contribution in [0.4, 0.5) is 22.0 Å². The van der Waals surface area contributed by atoms with E-state index in [-0.39, 0.29) is 24.5 Å². The van der Waals surface area contributed by atoms with Crippen LogP contribution in [-0.4, -0.2) is 29.1 Å². The fraction of sp³-hybridized carbons (Fsp3) is 0.647. The van der Waals surface area contributed by atoms with Crippen LogP contribution in [0.25, 0.3) is 0 Å². The zero-order valence-corrected chi connectivity index (χ0v) is 16.2. The lowest BCUT2D eigenvalue weighted by Crippen LogP contribution is -2.51. The summed E-state index contributed by atoms with van der Waals surface area (Å²) in [6, 6.07) is 0. The quantitative estimate of drug-likeness (QED) is 0.290. The lowest BCUT2D eigenvalue weighted by Gasteiger charge is -2.39. The van der Waals surface area contributed by atoms with Crippen molar-refractivity contribution in [3.8, 4) is 0 Å². The summed E-state index contributed by atoms with van der Waals surface area (Å²) in [5, 5.41) is 0. The molecule has 3 nitrogen and oxygen atoms in total.